The molecule has 2 rings (SSSR count). The summed E-state index contributed by atoms with van der Waals surface area (Å²) in [6.45, 7) is 9.06. The molecule has 1 heterocycles. The van der Waals surface area contributed by atoms with Gasteiger partial charge >= 0.3 is 0 Å². The molecule has 1 aromatic carbocycles. The van der Waals surface area contributed by atoms with Crippen LogP contribution in [0.2, 0.25) is 0 Å². The predicted molar refractivity (Wildman–Crippen MR) is 64.3 cm³/mol. The Hall–Kier alpha value is -1.02. The molecule has 2 heteroatoms. The summed E-state index contributed by atoms with van der Waals surface area (Å²) in [5.41, 5.74) is 1.26. The van der Waals surface area contributed by atoms with Gasteiger partial charge in [-0.2, -0.15) is 0 Å². The minimum Gasteiger partial charge on any atom is -0.492 e. The first-order valence-corrected chi connectivity index (χ1v) is 5.75. The van der Waals surface area contributed by atoms with Crippen molar-refractivity contribution in [2.24, 2.45) is 0 Å². The fourth-order valence-electron chi connectivity index (χ4n) is 1.75. The van der Waals surface area contributed by atoms with Crippen LogP contribution in [0, 0.1) is 0 Å². The van der Waals surface area contributed by atoms with Gasteiger partial charge in [0.2, 0.25) is 0 Å². The van der Waals surface area contributed by atoms with E-state index in [1.165, 1.54) is 5.56 Å². The Bertz CT molecular complexity index is 298. The minimum absolute atomic E-state index is 0.383. The van der Waals surface area contributed by atoms with Crippen molar-refractivity contribution in [1.82, 2.24) is 5.32 Å². The van der Waals surface area contributed by atoms with Gasteiger partial charge in [0, 0.05) is 17.6 Å². The Morgan fingerprint density at radius 3 is 2.60 bits per heavy atom. The van der Waals surface area contributed by atoms with Gasteiger partial charge in [-0.1, -0.05) is 32.0 Å². The van der Waals surface area contributed by atoms with Crippen LogP contribution in [0.5, 0.6) is 5.75 Å². The monoisotopic (exact) mass is 207 g/mol. The van der Waals surface area contributed by atoms with Crippen LogP contribution in [0.3, 0.4) is 0 Å². The maximum Gasteiger partial charge on any atom is 0.124 e. The first-order valence-electron chi connectivity index (χ1n) is 5.75. The number of hydrogen-bond acceptors (Lipinski definition) is 2. The SMILES string of the molecule is CC.CC1COc2ccccc2C(C)N1. The molecule has 1 aliphatic rings. The van der Waals surface area contributed by atoms with E-state index in [4.69, 9.17) is 4.74 Å². The van der Waals surface area contributed by atoms with Crippen LogP contribution in [0.4, 0.5) is 0 Å². The van der Waals surface area contributed by atoms with Crippen LogP contribution in [-0.2, 0) is 0 Å². The molecular formula is C13H21NO. The summed E-state index contributed by atoms with van der Waals surface area (Å²) in [6.07, 6.45) is 0. The van der Waals surface area contributed by atoms with Gasteiger partial charge in [-0.25, -0.2) is 0 Å². The first kappa shape index (κ1) is 12.1. The van der Waals surface area contributed by atoms with Crippen molar-refractivity contribution in [2.45, 2.75) is 39.8 Å². The molecule has 1 aliphatic heterocycles. The number of benzene rings is 1. The lowest BCUT2D eigenvalue weighted by Gasteiger charge is -2.14. The van der Waals surface area contributed by atoms with Crippen LogP contribution in [0.25, 0.3) is 0 Å². The second kappa shape index (κ2) is 5.76. The molecule has 0 fully saturated rings. The van der Waals surface area contributed by atoms with Crippen LogP contribution < -0.4 is 10.1 Å². The Morgan fingerprint density at radius 2 is 1.87 bits per heavy atom. The zero-order chi connectivity index (χ0) is 11.3. The fraction of sp³-hybridized carbons (Fsp3) is 0.538. The molecular weight excluding hydrogens is 186 g/mol. The molecule has 0 spiro atoms. The third-order valence-electron chi connectivity index (χ3n) is 2.41. The Labute approximate surface area is 92.6 Å². The zero-order valence-corrected chi connectivity index (χ0v) is 10.1. The van der Waals surface area contributed by atoms with Crippen molar-refractivity contribution in [3.8, 4) is 5.75 Å². The summed E-state index contributed by atoms with van der Waals surface area (Å²) in [5.74, 6) is 1.02. The maximum absolute atomic E-state index is 5.67. The molecule has 2 atom stereocenters. The number of rotatable bonds is 0. The van der Waals surface area contributed by atoms with Crippen molar-refractivity contribution in [1.29, 1.82) is 0 Å². The summed E-state index contributed by atoms with van der Waals surface area (Å²) in [4.78, 5) is 0. The number of hydrogen-bond donors (Lipinski definition) is 1. The molecule has 84 valence electrons. The average molecular weight is 207 g/mol. The third-order valence-corrected chi connectivity index (χ3v) is 2.41. The van der Waals surface area contributed by atoms with Crippen molar-refractivity contribution in [3.63, 3.8) is 0 Å². The smallest absolute Gasteiger partial charge is 0.124 e. The van der Waals surface area contributed by atoms with Crippen LogP contribution >= 0.6 is 0 Å². The van der Waals surface area contributed by atoms with Gasteiger partial charge in [-0.15, -0.1) is 0 Å². The molecule has 0 saturated carbocycles. The highest BCUT2D eigenvalue weighted by Gasteiger charge is 2.17. The topological polar surface area (TPSA) is 21.3 Å². The molecule has 0 aliphatic carbocycles. The van der Waals surface area contributed by atoms with Crippen LogP contribution in [0.15, 0.2) is 24.3 Å². The van der Waals surface area contributed by atoms with E-state index in [0.717, 1.165) is 12.4 Å². The molecule has 0 saturated heterocycles. The quantitative estimate of drug-likeness (QED) is 0.705. The van der Waals surface area contributed by atoms with E-state index in [1.54, 1.807) is 0 Å². The summed E-state index contributed by atoms with van der Waals surface area (Å²) < 4.78 is 5.67. The van der Waals surface area contributed by atoms with Crippen molar-refractivity contribution >= 4 is 0 Å². The summed E-state index contributed by atoms with van der Waals surface area (Å²) in [7, 11) is 0. The lowest BCUT2D eigenvalue weighted by Crippen LogP contribution is -2.30. The molecule has 15 heavy (non-hydrogen) atoms. The standard InChI is InChI=1S/C11H15NO.C2H6/c1-8-7-13-11-6-4-3-5-10(11)9(2)12-8;1-2/h3-6,8-9,12H,7H2,1-2H3;1-2H3. The van der Waals surface area contributed by atoms with Crippen LogP contribution in [-0.4, -0.2) is 12.6 Å². The Balaban J connectivity index is 0.000000531. The normalized spacial score (nSPS) is 24.0. The fourth-order valence-corrected chi connectivity index (χ4v) is 1.75. The summed E-state index contributed by atoms with van der Waals surface area (Å²) in [6, 6.07) is 9.02. The zero-order valence-electron chi connectivity index (χ0n) is 10.1. The first-order chi connectivity index (χ1) is 7.27. The van der Waals surface area contributed by atoms with Gasteiger partial charge < -0.3 is 10.1 Å². The van der Waals surface area contributed by atoms with Gasteiger partial charge in [-0.3, -0.25) is 0 Å². The number of nitrogens with one attached hydrogen (secondary N) is 1. The molecule has 0 radical (unpaired) electrons. The summed E-state index contributed by atoms with van der Waals surface area (Å²) >= 11 is 0. The van der Waals surface area contributed by atoms with E-state index in [2.05, 4.69) is 31.3 Å². The van der Waals surface area contributed by atoms with Gasteiger partial charge in [-0.05, 0) is 19.9 Å². The highest BCUT2D eigenvalue weighted by Crippen LogP contribution is 2.27. The van der Waals surface area contributed by atoms with Crippen LogP contribution in [0.1, 0.15) is 39.3 Å². The number of para-hydroxylation sites is 1. The van der Waals surface area contributed by atoms with Gasteiger partial charge in [0.25, 0.3) is 0 Å². The molecule has 2 nitrogen and oxygen atoms in total. The molecule has 0 aromatic heterocycles. The summed E-state index contributed by atoms with van der Waals surface area (Å²) in [5, 5.41) is 3.47. The second-order valence-electron chi connectivity index (χ2n) is 3.64. The molecule has 1 N–H and O–H groups in total. The molecule has 0 amide bonds. The number of ether oxygens (including phenoxy) is 1. The predicted octanol–water partition coefficient (Wildman–Crippen LogP) is 3.14. The van der Waals surface area contributed by atoms with E-state index in [0.29, 0.717) is 12.1 Å². The maximum atomic E-state index is 5.67. The van der Waals surface area contributed by atoms with E-state index in [9.17, 15) is 0 Å². The minimum atomic E-state index is 0.383. The number of fused-ring (bicyclic) bond motifs is 1. The highest BCUT2D eigenvalue weighted by atomic mass is 16.5. The van der Waals surface area contributed by atoms with E-state index >= 15 is 0 Å². The second-order valence-corrected chi connectivity index (χ2v) is 3.64. The van der Waals surface area contributed by atoms with Crippen molar-refractivity contribution in [3.05, 3.63) is 29.8 Å². The highest BCUT2D eigenvalue weighted by molar-refractivity contribution is 5.36. The Morgan fingerprint density at radius 1 is 1.20 bits per heavy atom. The van der Waals surface area contributed by atoms with E-state index in [-0.39, 0.29) is 0 Å². The lowest BCUT2D eigenvalue weighted by molar-refractivity contribution is 0.284. The van der Waals surface area contributed by atoms with Gasteiger partial charge in [0.15, 0.2) is 0 Å². The van der Waals surface area contributed by atoms with Gasteiger partial charge in [0.05, 0.1) is 0 Å². The third kappa shape index (κ3) is 2.96. The Kier molecular flexibility index (Phi) is 4.63. The molecule has 0 bridgehead atoms. The molecule has 1 aromatic rings. The van der Waals surface area contributed by atoms with E-state index in [1.807, 2.05) is 26.0 Å². The van der Waals surface area contributed by atoms with Gasteiger partial charge in [0.1, 0.15) is 12.4 Å². The largest absolute Gasteiger partial charge is 0.492 e. The lowest BCUT2D eigenvalue weighted by atomic mass is 10.1. The average Bonchev–Trinajstić information content (AvgIpc) is 2.42. The van der Waals surface area contributed by atoms with Crippen molar-refractivity contribution < 1.29 is 4.74 Å². The van der Waals surface area contributed by atoms with Crippen molar-refractivity contribution in [2.75, 3.05) is 6.61 Å². The molecule has 2 unspecified atom stereocenters. The van der Waals surface area contributed by atoms with E-state index < -0.39 is 0 Å².